The molecule has 1 saturated heterocycles. The summed E-state index contributed by atoms with van der Waals surface area (Å²) in [5.74, 6) is 0. The highest BCUT2D eigenvalue weighted by Crippen LogP contribution is 2.45. The van der Waals surface area contributed by atoms with Gasteiger partial charge in [0.05, 0.1) is 34.8 Å². The van der Waals surface area contributed by atoms with Crippen LogP contribution in [-0.4, -0.2) is 36.2 Å². The van der Waals surface area contributed by atoms with Crippen molar-refractivity contribution in [2.75, 3.05) is 6.54 Å². The normalized spacial score (nSPS) is 20.3. The van der Waals surface area contributed by atoms with Gasteiger partial charge in [-0.25, -0.2) is 14.5 Å². The standard InChI is InChI=1S/C23H24N6O/c1-14-9-19(27-29-12-15(2)26-21(14)29)16-3-4-18-20(10-16)24-13-28(22(18)30)17-5-8-25-23(11-17)6-7-23/h3-4,9-10,12-13,17,25H,5-8,11H2,1-2H3/t17-/m1/s1. The second-order valence-corrected chi connectivity index (χ2v) is 8.91. The zero-order chi connectivity index (χ0) is 20.5. The lowest BCUT2D eigenvalue weighted by Gasteiger charge is -2.31. The van der Waals surface area contributed by atoms with Crippen molar-refractivity contribution in [3.05, 3.63) is 58.4 Å². The molecule has 4 aromatic rings. The van der Waals surface area contributed by atoms with Crippen molar-refractivity contribution in [2.45, 2.75) is 51.1 Å². The first-order chi connectivity index (χ1) is 14.5. The molecule has 6 rings (SSSR count). The predicted octanol–water partition coefficient (Wildman–Crippen LogP) is 3.18. The fourth-order valence-electron chi connectivity index (χ4n) is 4.84. The molecule has 4 heterocycles. The third-order valence-corrected chi connectivity index (χ3v) is 6.66. The minimum absolute atomic E-state index is 0.0547. The maximum Gasteiger partial charge on any atom is 0.261 e. The van der Waals surface area contributed by atoms with Crippen molar-refractivity contribution in [1.29, 1.82) is 0 Å². The molecule has 152 valence electrons. The quantitative estimate of drug-likeness (QED) is 0.559. The molecular formula is C23H24N6O. The summed E-state index contributed by atoms with van der Waals surface area (Å²) >= 11 is 0. The van der Waals surface area contributed by atoms with Gasteiger partial charge >= 0.3 is 0 Å². The highest BCUT2D eigenvalue weighted by atomic mass is 16.1. The van der Waals surface area contributed by atoms with E-state index in [1.807, 2.05) is 53.4 Å². The second-order valence-electron chi connectivity index (χ2n) is 8.91. The second kappa shape index (κ2) is 6.22. The summed E-state index contributed by atoms with van der Waals surface area (Å²) in [7, 11) is 0. The lowest BCUT2D eigenvalue weighted by Crippen LogP contribution is -2.42. The fourth-order valence-corrected chi connectivity index (χ4v) is 4.84. The summed E-state index contributed by atoms with van der Waals surface area (Å²) in [6.45, 7) is 4.97. The molecule has 0 bridgehead atoms. The summed E-state index contributed by atoms with van der Waals surface area (Å²) in [5, 5.41) is 8.99. The maximum absolute atomic E-state index is 13.2. The summed E-state index contributed by atoms with van der Waals surface area (Å²) in [6, 6.07) is 8.09. The van der Waals surface area contributed by atoms with Crippen LogP contribution in [0.2, 0.25) is 0 Å². The first kappa shape index (κ1) is 17.8. The van der Waals surface area contributed by atoms with Crippen LogP contribution in [0.4, 0.5) is 0 Å². The molecule has 1 spiro atoms. The van der Waals surface area contributed by atoms with Crippen molar-refractivity contribution in [1.82, 2.24) is 29.5 Å². The molecule has 2 fully saturated rings. The van der Waals surface area contributed by atoms with E-state index in [0.717, 1.165) is 47.5 Å². The summed E-state index contributed by atoms with van der Waals surface area (Å²) in [5.41, 5.74) is 5.71. The molecule has 1 aromatic carbocycles. The Bertz CT molecular complexity index is 1360. The minimum atomic E-state index is 0.0547. The monoisotopic (exact) mass is 400 g/mol. The Morgan fingerprint density at radius 1 is 1.20 bits per heavy atom. The molecule has 0 unspecified atom stereocenters. The van der Waals surface area contributed by atoms with E-state index in [4.69, 9.17) is 5.10 Å². The Kier molecular flexibility index (Phi) is 3.68. The van der Waals surface area contributed by atoms with Gasteiger partial charge < -0.3 is 5.32 Å². The SMILES string of the molecule is Cc1cn2nc(-c3ccc4c(=O)n([C@@H]5CCNC6(CC6)C5)cnc4c3)cc(C)c2n1. The molecule has 1 N–H and O–H groups in total. The molecular weight excluding hydrogens is 376 g/mol. The maximum atomic E-state index is 13.2. The van der Waals surface area contributed by atoms with Gasteiger partial charge in [-0.15, -0.1) is 0 Å². The Morgan fingerprint density at radius 2 is 2.07 bits per heavy atom. The van der Waals surface area contributed by atoms with E-state index in [0.29, 0.717) is 10.9 Å². The molecule has 1 aliphatic carbocycles. The summed E-state index contributed by atoms with van der Waals surface area (Å²) in [6.07, 6.45) is 8.09. The number of piperidine rings is 1. The van der Waals surface area contributed by atoms with Crippen LogP contribution in [-0.2, 0) is 0 Å². The minimum Gasteiger partial charge on any atom is -0.311 e. The lowest BCUT2D eigenvalue weighted by atomic mass is 9.97. The van der Waals surface area contributed by atoms with E-state index in [1.165, 1.54) is 12.8 Å². The van der Waals surface area contributed by atoms with E-state index in [1.54, 1.807) is 6.33 Å². The first-order valence-corrected chi connectivity index (χ1v) is 10.6. The molecule has 7 heteroatoms. The summed E-state index contributed by atoms with van der Waals surface area (Å²) < 4.78 is 3.67. The van der Waals surface area contributed by atoms with E-state index < -0.39 is 0 Å². The van der Waals surface area contributed by atoms with Crippen LogP contribution < -0.4 is 10.9 Å². The molecule has 1 atom stereocenters. The van der Waals surface area contributed by atoms with Gasteiger partial charge in [0.1, 0.15) is 0 Å². The third kappa shape index (κ3) is 2.76. The summed E-state index contributed by atoms with van der Waals surface area (Å²) in [4.78, 5) is 22.4. The van der Waals surface area contributed by atoms with E-state index in [9.17, 15) is 4.79 Å². The topological polar surface area (TPSA) is 77.1 Å². The van der Waals surface area contributed by atoms with Gasteiger partial charge in [-0.1, -0.05) is 6.07 Å². The van der Waals surface area contributed by atoms with Crippen LogP contribution >= 0.6 is 0 Å². The van der Waals surface area contributed by atoms with Crippen LogP contribution in [0.3, 0.4) is 0 Å². The van der Waals surface area contributed by atoms with E-state index in [-0.39, 0.29) is 17.1 Å². The number of fused-ring (bicyclic) bond motifs is 2. The number of aromatic nitrogens is 5. The third-order valence-electron chi connectivity index (χ3n) is 6.66. The molecule has 1 saturated carbocycles. The number of nitrogens with one attached hydrogen (secondary N) is 1. The van der Waals surface area contributed by atoms with Crippen molar-refractivity contribution in [2.24, 2.45) is 0 Å². The van der Waals surface area contributed by atoms with Crippen LogP contribution in [0.5, 0.6) is 0 Å². The van der Waals surface area contributed by atoms with Crippen LogP contribution in [0.25, 0.3) is 27.8 Å². The molecule has 3 aromatic heterocycles. The van der Waals surface area contributed by atoms with Crippen LogP contribution in [0.15, 0.2) is 41.6 Å². The van der Waals surface area contributed by atoms with Crippen molar-refractivity contribution in [3.63, 3.8) is 0 Å². The average molecular weight is 400 g/mol. The van der Waals surface area contributed by atoms with Crippen molar-refractivity contribution >= 4 is 16.6 Å². The highest BCUT2D eigenvalue weighted by Gasteiger charge is 2.46. The number of hydrogen-bond donors (Lipinski definition) is 1. The molecule has 7 nitrogen and oxygen atoms in total. The largest absolute Gasteiger partial charge is 0.311 e. The van der Waals surface area contributed by atoms with Crippen molar-refractivity contribution < 1.29 is 0 Å². The highest BCUT2D eigenvalue weighted by molar-refractivity contribution is 5.83. The smallest absolute Gasteiger partial charge is 0.261 e. The van der Waals surface area contributed by atoms with Gasteiger partial charge in [-0.3, -0.25) is 9.36 Å². The number of hydrogen-bond acceptors (Lipinski definition) is 5. The molecule has 2 aliphatic rings. The van der Waals surface area contributed by atoms with Gasteiger partial charge in [0, 0.05) is 17.1 Å². The zero-order valence-corrected chi connectivity index (χ0v) is 17.2. The van der Waals surface area contributed by atoms with Gasteiger partial charge in [0.2, 0.25) is 0 Å². The van der Waals surface area contributed by atoms with Crippen LogP contribution in [0.1, 0.15) is 43.0 Å². The Hall–Kier alpha value is -3.06. The Balaban J connectivity index is 1.41. The van der Waals surface area contributed by atoms with Crippen molar-refractivity contribution in [3.8, 4) is 11.3 Å². The first-order valence-electron chi connectivity index (χ1n) is 10.6. The van der Waals surface area contributed by atoms with Gasteiger partial charge in [-0.2, -0.15) is 5.10 Å². The fraction of sp³-hybridized carbons (Fsp3) is 0.391. The number of imidazole rings is 1. The molecule has 1 aliphatic heterocycles. The molecule has 0 radical (unpaired) electrons. The lowest BCUT2D eigenvalue weighted by molar-refractivity contribution is 0.281. The number of rotatable bonds is 2. The van der Waals surface area contributed by atoms with Crippen LogP contribution in [0, 0.1) is 13.8 Å². The van der Waals surface area contributed by atoms with Gasteiger partial charge in [0.25, 0.3) is 5.56 Å². The number of aryl methyl sites for hydroxylation is 2. The molecule has 0 amide bonds. The Morgan fingerprint density at radius 3 is 2.90 bits per heavy atom. The van der Waals surface area contributed by atoms with E-state index in [2.05, 4.69) is 15.3 Å². The Labute approximate surface area is 173 Å². The molecule has 30 heavy (non-hydrogen) atoms. The van der Waals surface area contributed by atoms with E-state index >= 15 is 0 Å². The number of nitrogens with zero attached hydrogens (tertiary/aromatic N) is 5. The zero-order valence-electron chi connectivity index (χ0n) is 17.2. The average Bonchev–Trinajstić information content (AvgIpc) is 3.35. The number of benzene rings is 1. The van der Waals surface area contributed by atoms with Gasteiger partial charge in [0.15, 0.2) is 5.65 Å². The van der Waals surface area contributed by atoms with Gasteiger partial charge in [-0.05, 0) is 69.8 Å². The predicted molar refractivity (Wildman–Crippen MR) is 116 cm³/mol.